The molecule has 0 radical (unpaired) electrons. The molecule has 0 aliphatic heterocycles. The molecule has 0 heterocycles. The van der Waals surface area contributed by atoms with E-state index in [0.717, 1.165) is 22.3 Å². The quantitative estimate of drug-likeness (QED) is 0.0332. The Kier molecular flexibility index (Phi) is 15.8. The molecule has 5 amide bonds. The van der Waals surface area contributed by atoms with Gasteiger partial charge in [0, 0.05) is 31.7 Å². The molecule has 4 aromatic rings. The fourth-order valence-corrected chi connectivity index (χ4v) is 7.06. The largest absolute Gasteiger partial charge is 0.508 e. The number of aliphatic imine (C=N–C) groups is 1. The third-order valence-corrected chi connectivity index (χ3v) is 10.1. The first-order valence-electron chi connectivity index (χ1n) is 19.7. The zero-order valence-electron chi connectivity index (χ0n) is 33.3. The van der Waals surface area contributed by atoms with Gasteiger partial charge in [0.2, 0.25) is 23.6 Å². The molecule has 17 nitrogen and oxygen atoms in total. The number of alkyl carbamates (subject to hydrolysis) is 1. The molecule has 0 spiro atoms. The molecule has 4 atom stereocenters. The molecule has 0 saturated carbocycles. The number of nitrogens with one attached hydrogen (secondary N) is 4. The lowest BCUT2D eigenvalue weighted by atomic mass is 9.98. The van der Waals surface area contributed by atoms with E-state index in [-0.39, 0.29) is 56.5 Å². The molecule has 0 unspecified atom stereocenters. The van der Waals surface area contributed by atoms with Crippen LogP contribution in [-0.4, -0.2) is 89.2 Å². The van der Waals surface area contributed by atoms with Gasteiger partial charge in [-0.15, -0.1) is 0 Å². The zero-order valence-corrected chi connectivity index (χ0v) is 33.3. The van der Waals surface area contributed by atoms with Gasteiger partial charge in [0.25, 0.3) is 0 Å². The number of primary amides is 1. The van der Waals surface area contributed by atoms with E-state index in [4.69, 9.17) is 21.9 Å². The number of carboxylic acid groups (broad SMARTS) is 1. The van der Waals surface area contributed by atoms with Gasteiger partial charge in [0.1, 0.15) is 36.5 Å². The Bertz CT molecular complexity index is 2170. The Morgan fingerprint density at radius 1 is 0.623 bits per heavy atom. The number of aliphatic carboxylic acids is 1. The number of phenolic OH excluding ortho intramolecular Hbond substituents is 1. The Hall–Kier alpha value is -7.43. The van der Waals surface area contributed by atoms with Crippen LogP contribution in [0.5, 0.6) is 5.75 Å². The number of nitrogens with two attached hydrogens (primary N) is 3. The normalized spacial score (nSPS) is 13.5. The molecule has 0 bridgehead atoms. The van der Waals surface area contributed by atoms with Gasteiger partial charge in [-0.2, -0.15) is 0 Å². The van der Waals surface area contributed by atoms with Crippen molar-refractivity contribution in [2.24, 2.45) is 22.2 Å². The standard InChI is InChI=1S/C44H50N8O9/c45-39(56)36(23-26-9-2-1-3-10-26)51-40(57)34(15-8-22-48-43(46)47)49-41(58)35(20-21-38(54)55)50-42(59)37(24-27-16-18-28(53)19-17-27)52-44(60)61-25-33-31-13-6-4-11-29(31)30-12-5-7-14-32(30)33/h1-7,9-14,16-19,33-37,53H,8,15,20-25H2,(H2,45,56)(H,49,58)(H,50,59)(H,51,57)(H,52,60)(H,54,55)(H4,46,47,48)/t34-,35-,36-,37-/m0/s1. The number of phenols is 1. The summed E-state index contributed by atoms with van der Waals surface area (Å²) >= 11 is 0. The van der Waals surface area contributed by atoms with E-state index in [9.17, 15) is 39.0 Å². The van der Waals surface area contributed by atoms with Crippen molar-refractivity contribution in [2.45, 2.75) is 68.6 Å². The summed E-state index contributed by atoms with van der Waals surface area (Å²) in [5.74, 6) is -5.13. The fourth-order valence-electron chi connectivity index (χ4n) is 7.06. The molecule has 5 rings (SSSR count). The number of benzene rings is 4. The third kappa shape index (κ3) is 13.0. The minimum absolute atomic E-state index is 0.0289. The summed E-state index contributed by atoms with van der Waals surface area (Å²) < 4.78 is 5.71. The van der Waals surface area contributed by atoms with Crippen molar-refractivity contribution in [3.8, 4) is 16.9 Å². The topological polar surface area (TPSA) is 291 Å². The summed E-state index contributed by atoms with van der Waals surface area (Å²) in [6.07, 6.45) is -1.77. The summed E-state index contributed by atoms with van der Waals surface area (Å²) in [5, 5.41) is 29.7. The van der Waals surface area contributed by atoms with Gasteiger partial charge in [0.15, 0.2) is 5.96 Å². The maximum Gasteiger partial charge on any atom is 0.407 e. The van der Waals surface area contributed by atoms with Gasteiger partial charge in [-0.1, -0.05) is 91.0 Å². The third-order valence-electron chi connectivity index (χ3n) is 10.1. The molecule has 320 valence electrons. The Labute approximate surface area is 352 Å². The second-order valence-corrected chi connectivity index (χ2v) is 14.5. The van der Waals surface area contributed by atoms with Crippen LogP contribution in [0.3, 0.4) is 0 Å². The zero-order chi connectivity index (χ0) is 43.9. The smallest absolute Gasteiger partial charge is 0.407 e. The minimum atomic E-state index is -1.51. The summed E-state index contributed by atoms with van der Waals surface area (Å²) in [4.78, 5) is 83.2. The number of ether oxygens (including phenoxy) is 1. The van der Waals surface area contributed by atoms with Gasteiger partial charge in [-0.3, -0.25) is 29.0 Å². The van der Waals surface area contributed by atoms with E-state index in [1.807, 2.05) is 48.5 Å². The maximum absolute atomic E-state index is 14.1. The van der Waals surface area contributed by atoms with Crippen molar-refractivity contribution < 1.29 is 43.7 Å². The van der Waals surface area contributed by atoms with Crippen molar-refractivity contribution in [1.82, 2.24) is 21.3 Å². The van der Waals surface area contributed by atoms with Crippen LogP contribution in [0.1, 0.15) is 53.9 Å². The van der Waals surface area contributed by atoms with Crippen molar-refractivity contribution in [1.29, 1.82) is 0 Å². The summed E-state index contributed by atoms with van der Waals surface area (Å²) in [6.45, 7) is 0.0382. The molecule has 12 N–H and O–H groups in total. The number of guanidine groups is 1. The van der Waals surface area contributed by atoms with Crippen LogP contribution in [0.2, 0.25) is 0 Å². The summed E-state index contributed by atoms with van der Waals surface area (Å²) in [5.41, 5.74) is 21.8. The molecule has 17 heteroatoms. The lowest BCUT2D eigenvalue weighted by molar-refractivity contribution is -0.138. The number of carbonyl (C=O) groups excluding carboxylic acids is 5. The van der Waals surface area contributed by atoms with Gasteiger partial charge in [-0.25, -0.2) is 4.79 Å². The van der Waals surface area contributed by atoms with Gasteiger partial charge in [-0.05, 0) is 64.8 Å². The number of hydrogen-bond acceptors (Lipinski definition) is 9. The SMILES string of the molecule is NC(=O)[C@H](Cc1ccccc1)NC(=O)[C@H](CCCN=C(N)N)NC(=O)[C@H](CCC(=O)O)NC(=O)[C@H](Cc1ccc(O)cc1)NC(=O)OCC1c2ccccc2-c2ccccc21. The van der Waals surface area contributed by atoms with Crippen molar-refractivity contribution in [2.75, 3.05) is 13.2 Å². The molecule has 0 fully saturated rings. The highest BCUT2D eigenvalue weighted by Gasteiger charge is 2.33. The van der Waals surface area contributed by atoms with Crippen LogP contribution in [0.15, 0.2) is 108 Å². The monoisotopic (exact) mass is 834 g/mol. The van der Waals surface area contributed by atoms with Crippen molar-refractivity contribution in [3.05, 3.63) is 125 Å². The number of hydrogen-bond donors (Lipinski definition) is 9. The van der Waals surface area contributed by atoms with Gasteiger partial charge in [0.05, 0.1) is 0 Å². The van der Waals surface area contributed by atoms with Gasteiger partial charge >= 0.3 is 12.1 Å². The molecule has 0 aromatic heterocycles. The minimum Gasteiger partial charge on any atom is -0.508 e. The van der Waals surface area contributed by atoms with Crippen LogP contribution in [-0.2, 0) is 41.6 Å². The van der Waals surface area contributed by atoms with Crippen LogP contribution >= 0.6 is 0 Å². The number of carbonyl (C=O) groups is 6. The molecule has 4 aromatic carbocycles. The first-order valence-corrected chi connectivity index (χ1v) is 19.7. The van der Waals surface area contributed by atoms with E-state index >= 15 is 0 Å². The Morgan fingerprint density at radius 3 is 1.70 bits per heavy atom. The van der Waals surface area contributed by atoms with E-state index in [1.165, 1.54) is 12.1 Å². The van der Waals surface area contributed by atoms with E-state index in [1.54, 1.807) is 42.5 Å². The van der Waals surface area contributed by atoms with Crippen molar-refractivity contribution >= 4 is 41.7 Å². The maximum atomic E-state index is 14.1. The van der Waals surface area contributed by atoms with Crippen LogP contribution in [0, 0.1) is 0 Å². The molecular weight excluding hydrogens is 785 g/mol. The molecule has 61 heavy (non-hydrogen) atoms. The number of rotatable bonds is 21. The van der Waals surface area contributed by atoms with E-state index < -0.39 is 72.7 Å². The van der Waals surface area contributed by atoms with Crippen LogP contribution < -0.4 is 38.5 Å². The Morgan fingerprint density at radius 2 is 1.13 bits per heavy atom. The summed E-state index contributed by atoms with van der Waals surface area (Å²) in [7, 11) is 0. The predicted octanol–water partition coefficient (Wildman–Crippen LogP) is 1.94. The van der Waals surface area contributed by atoms with Crippen LogP contribution in [0.25, 0.3) is 11.1 Å². The van der Waals surface area contributed by atoms with Crippen LogP contribution in [0.4, 0.5) is 4.79 Å². The molecule has 1 aliphatic rings. The fraction of sp³-hybridized carbons (Fsp3) is 0.295. The number of amides is 5. The molecule has 1 aliphatic carbocycles. The first-order chi connectivity index (χ1) is 29.3. The second kappa shape index (κ2) is 21.5. The predicted molar refractivity (Wildman–Crippen MR) is 226 cm³/mol. The highest BCUT2D eigenvalue weighted by atomic mass is 16.5. The van der Waals surface area contributed by atoms with E-state index in [2.05, 4.69) is 26.3 Å². The van der Waals surface area contributed by atoms with E-state index in [0.29, 0.717) is 11.1 Å². The number of carboxylic acids is 1. The lowest BCUT2D eigenvalue weighted by Crippen LogP contribution is -2.58. The second-order valence-electron chi connectivity index (χ2n) is 14.5. The Balaban J connectivity index is 1.33. The average molecular weight is 835 g/mol. The average Bonchev–Trinajstić information content (AvgIpc) is 3.56. The molecular formula is C44H50N8O9. The molecule has 0 saturated heterocycles. The summed E-state index contributed by atoms with van der Waals surface area (Å²) in [6, 6.07) is 25.0. The number of fused-ring (bicyclic) bond motifs is 3. The highest BCUT2D eigenvalue weighted by Crippen LogP contribution is 2.44. The highest BCUT2D eigenvalue weighted by molar-refractivity contribution is 5.95. The lowest BCUT2D eigenvalue weighted by Gasteiger charge is -2.26. The first kappa shape index (κ1) is 44.7. The van der Waals surface area contributed by atoms with Gasteiger partial charge < -0.3 is 53.4 Å². The number of nitrogens with zero attached hydrogens (tertiary/aromatic N) is 1. The van der Waals surface area contributed by atoms with Crippen molar-refractivity contribution in [3.63, 3.8) is 0 Å². The number of aromatic hydroxyl groups is 1.